The third kappa shape index (κ3) is 7.29. The van der Waals surface area contributed by atoms with Gasteiger partial charge in [0.25, 0.3) is 0 Å². The molecule has 5 nitrogen and oxygen atoms in total. The van der Waals surface area contributed by atoms with Crippen LogP contribution in [0.4, 0.5) is 0 Å². The molecule has 0 bridgehead atoms. The maximum atomic E-state index is 5.25. The molecule has 0 radical (unpaired) electrons. The van der Waals surface area contributed by atoms with E-state index in [1.54, 1.807) is 25.5 Å². The molecular weight excluding hydrogens is 447 g/mol. The molecule has 0 amide bonds. The molecule has 25 heavy (non-hydrogen) atoms. The quantitative estimate of drug-likeness (QED) is 0.350. The summed E-state index contributed by atoms with van der Waals surface area (Å²) in [5.74, 6) is 0.800. The SMILES string of the molecule is CCc1cnc(CCNC(=NC)NCc2ccccc2COC)s1.I. The van der Waals surface area contributed by atoms with Gasteiger partial charge in [-0.1, -0.05) is 31.2 Å². The number of hydrogen-bond acceptors (Lipinski definition) is 4. The van der Waals surface area contributed by atoms with E-state index in [0.717, 1.165) is 31.9 Å². The Labute approximate surface area is 171 Å². The van der Waals surface area contributed by atoms with Crippen LogP contribution in [0.2, 0.25) is 0 Å². The Bertz CT molecular complexity index is 660. The van der Waals surface area contributed by atoms with Crippen molar-refractivity contribution in [1.82, 2.24) is 15.6 Å². The van der Waals surface area contributed by atoms with Crippen molar-refractivity contribution in [1.29, 1.82) is 0 Å². The van der Waals surface area contributed by atoms with Crippen molar-refractivity contribution in [3.05, 3.63) is 51.5 Å². The van der Waals surface area contributed by atoms with Crippen LogP contribution in [0.25, 0.3) is 0 Å². The standard InChI is InChI=1S/C18H26N4OS.HI/c1-4-16-12-21-17(24-16)9-10-20-18(19-2)22-11-14-7-5-6-8-15(14)13-23-3;/h5-8,12H,4,9-11,13H2,1-3H3,(H2,19,20,22);1H. The highest BCUT2D eigenvalue weighted by Crippen LogP contribution is 2.13. The second-order valence-electron chi connectivity index (χ2n) is 5.38. The second-order valence-corrected chi connectivity index (χ2v) is 6.58. The Morgan fingerprint density at radius 2 is 2.00 bits per heavy atom. The summed E-state index contributed by atoms with van der Waals surface area (Å²) in [5, 5.41) is 7.86. The lowest BCUT2D eigenvalue weighted by Crippen LogP contribution is -2.38. The largest absolute Gasteiger partial charge is 0.380 e. The fourth-order valence-electron chi connectivity index (χ4n) is 2.34. The molecule has 2 rings (SSSR count). The number of guanidine groups is 1. The molecule has 0 aliphatic rings. The Kier molecular flexibility index (Phi) is 10.7. The van der Waals surface area contributed by atoms with E-state index in [-0.39, 0.29) is 24.0 Å². The number of hydrogen-bond donors (Lipinski definition) is 2. The molecule has 2 aromatic rings. The number of methoxy groups -OCH3 is 1. The molecule has 7 heteroatoms. The molecule has 0 spiro atoms. The Hall–Kier alpha value is -1.19. The second kappa shape index (κ2) is 12.2. The van der Waals surface area contributed by atoms with Gasteiger partial charge in [-0.15, -0.1) is 35.3 Å². The highest BCUT2D eigenvalue weighted by atomic mass is 127. The summed E-state index contributed by atoms with van der Waals surface area (Å²) < 4.78 is 5.25. The monoisotopic (exact) mass is 474 g/mol. The van der Waals surface area contributed by atoms with E-state index in [9.17, 15) is 0 Å². The number of benzene rings is 1. The third-order valence-corrected chi connectivity index (χ3v) is 4.87. The van der Waals surface area contributed by atoms with Crippen molar-refractivity contribution in [3.63, 3.8) is 0 Å². The topological polar surface area (TPSA) is 58.5 Å². The number of aryl methyl sites for hydroxylation is 1. The summed E-state index contributed by atoms with van der Waals surface area (Å²) >= 11 is 1.78. The zero-order chi connectivity index (χ0) is 17.2. The molecule has 2 N–H and O–H groups in total. The van der Waals surface area contributed by atoms with Gasteiger partial charge in [-0.2, -0.15) is 0 Å². The van der Waals surface area contributed by atoms with E-state index in [1.165, 1.54) is 21.0 Å². The minimum absolute atomic E-state index is 0. The van der Waals surface area contributed by atoms with Crippen LogP contribution in [-0.2, 0) is 30.7 Å². The average molecular weight is 474 g/mol. The molecule has 1 aromatic carbocycles. The normalized spacial score (nSPS) is 11.1. The zero-order valence-corrected chi connectivity index (χ0v) is 18.2. The van der Waals surface area contributed by atoms with Crippen LogP contribution in [0.5, 0.6) is 0 Å². The first kappa shape index (κ1) is 21.9. The van der Waals surface area contributed by atoms with Crippen molar-refractivity contribution in [3.8, 4) is 0 Å². The van der Waals surface area contributed by atoms with Gasteiger partial charge >= 0.3 is 0 Å². The molecule has 1 aromatic heterocycles. The van der Waals surface area contributed by atoms with E-state index in [1.807, 2.05) is 18.3 Å². The van der Waals surface area contributed by atoms with Crippen molar-refractivity contribution in [2.45, 2.75) is 32.9 Å². The smallest absolute Gasteiger partial charge is 0.191 e. The molecule has 0 aliphatic carbocycles. The van der Waals surface area contributed by atoms with Crippen molar-refractivity contribution in [2.24, 2.45) is 4.99 Å². The zero-order valence-electron chi connectivity index (χ0n) is 15.0. The van der Waals surface area contributed by atoms with Crippen LogP contribution in [0.15, 0.2) is 35.5 Å². The molecule has 0 saturated heterocycles. The van der Waals surface area contributed by atoms with Gasteiger partial charge in [0.15, 0.2) is 5.96 Å². The number of nitrogens with zero attached hydrogens (tertiary/aromatic N) is 2. The fraction of sp³-hybridized carbons (Fsp3) is 0.444. The summed E-state index contributed by atoms with van der Waals surface area (Å²) in [4.78, 5) is 10.1. The molecule has 0 atom stereocenters. The van der Waals surface area contributed by atoms with Crippen LogP contribution in [0, 0.1) is 0 Å². The van der Waals surface area contributed by atoms with Crippen LogP contribution in [0.3, 0.4) is 0 Å². The van der Waals surface area contributed by atoms with Gasteiger partial charge in [-0.05, 0) is 17.5 Å². The van der Waals surface area contributed by atoms with Gasteiger partial charge in [0.05, 0.1) is 11.6 Å². The number of nitrogens with one attached hydrogen (secondary N) is 2. The van der Waals surface area contributed by atoms with Crippen LogP contribution >= 0.6 is 35.3 Å². The Morgan fingerprint density at radius 3 is 2.64 bits per heavy atom. The van der Waals surface area contributed by atoms with Gasteiger partial charge in [0.2, 0.25) is 0 Å². The van der Waals surface area contributed by atoms with E-state index in [0.29, 0.717) is 6.61 Å². The first-order valence-electron chi connectivity index (χ1n) is 8.20. The molecule has 138 valence electrons. The Balaban J connectivity index is 0.00000312. The number of ether oxygens (including phenoxy) is 1. The summed E-state index contributed by atoms with van der Waals surface area (Å²) in [6.07, 6.45) is 3.93. The number of aliphatic imine (C=N–C) groups is 1. The van der Waals surface area contributed by atoms with Gasteiger partial charge < -0.3 is 15.4 Å². The van der Waals surface area contributed by atoms with Crippen LogP contribution in [-0.4, -0.2) is 31.6 Å². The minimum Gasteiger partial charge on any atom is -0.380 e. The van der Waals surface area contributed by atoms with E-state index in [2.05, 4.69) is 39.7 Å². The maximum absolute atomic E-state index is 5.25. The summed E-state index contributed by atoms with van der Waals surface area (Å²) in [5.41, 5.74) is 2.41. The lowest BCUT2D eigenvalue weighted by molar-refractivity contribution is 0.184. The van der Waals surface area contributed by atoms with Crippen molar-refractivity contribution >= 4 is 41.3 Å². The van der Waals surface area contributed by atoms with Gasteiger partial charge in [0, 0.05) is 44.7 Å². The number of halogens is 1. The fourth-order valence-corrected chi connectivity index (χ4v) is 3.20. The molecule has 0 aliphatic heterocycles. The summed E-state index contributed by atoms with van der Waals surface area (Å²) in [7, 11) is 3.50. The first-order valence-corrected chi connectivity index (χ1v) is 9.02. The molecule has 0 fully saturated rings. The van der Waals surface area contributed by atoms with Gasteiger partial charge in [0.1, 0.15) is 0 Å². The number of rotatable bonds is 8. The predicted molar refractivity (Wildman–Crippen MR) is 116 cm³/mol. The lowest BCUT2D eigenvalue weighted by Gasteiger charge is -2.13. The first-order chi connectivity index (χ1) is 11.8. The predicted octanol–water partition coefficient (Wildman–Crippen LogP) is 3.38. The molecule has 1 heterocycles. The molecule has 0 unspecified atom stereocenters. The van der Waals surface area contributed by atoms with Gasteiger partial charge in [-0.3, -0.25) is 4.99 Å². The maximum Gasteiger partial charge on any atom is 0.191 e. The highest BCUT2D eigenvalue weighted by Gasteiger charge is 2.04. The van der Waals surface area contributed by atoms with Crippen molar-refractivity contribution < 1.29 is 4.74 Å². The van der Waals surface area contributed by atoms with Gasteiger partial charge in [-0.25, -0.2) is 4.98 Å². The van der Waals surface area contributed by atoms with Crippen LogP contribution < -0.4 is 10.6 Å². The average Bonchev–Trinajstić information content (AvgIpc) is 3.07. The third-order valence-electron chi connectivity index (χ3n) is 3.67. The number of thiazole rings is 1. The number of aromatic nitrogens is 1. The van der Waals surface area contributed by atoms with E-state index < -0.39 is 0 Å². The van der Waals surface area contributed by atoms with Crippen LogP contribution in [0.1, 0.15) is 27.9 Å². The molecular formula is C18H27IN4OS. The lowest BCUT2D eigenvalue weighted by atomic mass is 10.1. The summed E-state index contributed by atoms with van der Waals surface area (Å²) in [6, 6.07) is 8.27. The highest BCUT2D eigenvalue weighted by molar-refractivity contribution is 14.0. The Morgan fingerprint density at radius 1 is 1.24 bits per heavy atom. The van der Waals surface area contributed by atoms with E-state index >= 15 is 0 Å². The minimum atomic E-state index is 0. The van der Waals surface area contributed by atoms with Crippen molar-refractivity contribution in [2.75, 3.05) is 20.7 Å². The van der Waals surface area contributed by atoms with E-state index in [4.69, 9.17) is 4.74 Å². The molecule has 0 saturated carbocycles. The summed E-state index contributed by atoms with van der Waals surface area (Å²) in [6.45, 7) is 4.31.